The molecule has 0 saturated carbocycles. The largest absolute Gasteiger partial charge is 0.493 e. The van der Waals surface area contributed by atoms with Gasteiger partial charge in [-0.25, -0.2) is 4.98 Å². The SMILES string of the molecule is CCCOc1ccc(C(=O)N2CCC(c3nc4ccccc4s3)CC2)cc1OC. The number of rotatable bonds is 6. The zero-order valence-electron chi connectivity index (χ0n) is 16.9. The highest BCUT2D eigenvalue weighted by Crippen LogP contribution is 2.35. The molecule has 3 aromatic rings. The fraction of sp³-hybridized carbons (Fsp3) is 0.391. The molecule has 1 saturated heterocycles. The number of hydrogen-bond acceptors (Lipinski definition) is 5. The van der Waals surface area contributed by atoms with Crippen molar-refractivity contribution in [1.82, 2.24) is 9.88 Å². The van der Waals surface area contributed by atoms with E-state index in [1.165, 1.54) is 9.71 Å². The summed E-state index contributed by atoms with van der Waals surface area (Å²) in [5.74, 6) is 1.76. The van der Waals surface area contributed by atoms with Gasteiger partial charge < -0.3 is 14.4 Å². The molecule has 0 atom stereocenters. The van der Waals surface area contributed by atoms with Crippen molar-refractivity contribution in [2.45, 2.75) is 32.1 Å². The van der Waals surface area contributed by atoms with Gasteiger partial charge in [-0.15, -0.1) is 11.3 Å². The summed E-state index contributed by atoms with van der Waals surface area (Å²) in [7, 11) is 1.60. The lowest BCUT2D eigenvalue weighted by Crippen LogP contribution is -2.37. The number of hydrogen-bond donors (Lipinski definition) is 0. The standard InChI is InChI=1S/C23H26N2O3S/c1-3-14-28-19-9-8-17(15-20(19)27-2)23(26)25-12-10-16(11-13-25)22-24-18-6-4-5-7-21(18)29-22/h4-9,15-16H,3,10-14H2,1-2H3. The molecule has 1 fully saturated rings. The second kappa shape index (κ2) is 8.82. The van der Waals surface area contributed by atoms with E-state index in [0.717, 1.165) is 37.9 Å². The van der Waals surface area contributed by atoms with Gasteiger partial charge in [0.15, 0.2) is 11.5 Å². The van der Waals surface area contributed by atoms with Crippen LogP contribution in [0.1, 0.15) is 47.5 Å². The second-order valence-corrected chi connectivity index (χ2v) is 8.36. The number of carbonyl (C=O) groups excluding carboxylic acids is 1. The number of carbonyl (C=O) groups is 1. The van der Waals surface area contributed by atoms with Crippen LogP contribution in [-0.2, 0) is 0 Å². The second-order valence-electron chi connectivity index (χ2n) is 7.30. The molecule has 4 rings (SSSR count). The van der Waals surface area contributed by atoms with Gasteiger partial charge in [0.05, 0.1) is 28.9 Å². The van der Waals surface area contributed by atoms with E-state index >= 15 is 0 Å². The number of fused-ring (bicyclic) bond motifs is 1. The Labute approximate surface area is 175 Å². The minimum Gasteiger partial charge on any atom is -0.493 e. The Morgan fingerprint density at radius 2 is 1.97 bits per heavy atom. The van der Waals surface area contributed by atoms with Gasteiger partial charge in [0, 0.05) is 24.6 Å². The zero-order valence-corrected chi connectivity index (χ0v) is 17.7. The summed E-state index contributed by atoms with van der Waals surface area (Å²) in [5.41, 5.74) is 1.72. The smallest absolute Gasteiger partial charge is 0.253 e. The van der Waals surface area contributed by atoms with Crippen LogP contribution < -0.4 is 9.47 Å². The Bertz CT molecular complexity index is 960. The van der Waals surface area contributed by atoms with Crippen LogP contribution in [0.15, 0.2) is 42.5 Å². The molecule has 0 bridgehead atoms. The molecule has 0 radical (unpaired) electrons. The van der Waals surface area contributed by atoms with Crippen molar-refractivity contribution >= 4 is 27.5 Å². The number of aromatic nitrogens is 1. The van der Waals surface area contributed by atoms with E-state index < -0.39 is 0 Å². The molecule has 0 N–H and O–H groups in total. The van der Waals surface area contributed by atoms with Crippen LogP contribution in [0.4, 0.5) is 0 Å². The average Bonchev–Trinajstić information content (AvgIpc) is 3.21. The van der Waals surface area contributed by atoms with Crippen molar-refractivity contribution in [2.75, 3.05) is 26.8 Å². The summed E-state index contributed by atoms with van der Waals surface area (Å²) in [4.78, 5) is 19.7. The van der Waals surface area contributed by atoms with Crippen molar-refractivity contribution in [3.05, 3.63) is 53.0 Å². The Balaban J connectivity index is 1.42. The topological polar surface area (TPSA) is 51.7 Å². The van der Waals surface area contributed by atoms with Crippen LogP contribution in [0.25, 0.3) is 10.2 Å². The number of para-hydroxylation sites is 1. The number of benzene rings is 2. The van der Waals surface area contributed by atoms with Crippen LogP contribution in [0.3, 0.4) is 0 Å². The van der Waals surface area contributed by atoms with Gasteiger partial charge in [-0.2, -0.15) is 0 Å². The van der Waals surface area contributed by atoms with E-state index in [-0.39, 0.29) is 5.91 Å². The van der Waals surface area contributed by atoms with Crippen LogP contribution in [-0.4, -0.2) is 42.6 Å². The van der Waals surface area contributed by atoms with Crippen molar-refractivity contribution in [1.29, 1.82) is 0 Å². The highest BCUT2D eigenvalue weighted by atomic mass is 32.1. The molecule has 1 aliphatic heterocycles. The summed E-state index contributed by atoms with van der Waals surface area (Å²) in [5, 5.41) is 1.19. The third-order valence-corrected chi connectivity index (χ3v) is 6.51. The number of ether oxygens (including phenoxy) is 2. The van der Waals surface area contributed by atoms with Gasteiger partial charge in [0.25, 0.3) is 5.91 Å². The van der Waals surface area contributed by atoms with Crippen LogP contribution in [0.2, 0.25) is 0 Å². The molecule has 0 spiro atoms. The molecule has 29 heavy (non-hydrogen) atoms. The summed E-state index contributed by atoms with van der Waals surface area (Å²) < 4.78 is 12.3. The first kappa shape index (κ1) is 19.7. The monoisotopic (exact) mass is 410 g/mol. The predicted octanol–water partition coefficient (Wildman–Crippen LogP) is 5.11. The molecule has 5 nitrogen and oxygen atoms in total. The van der Waals surface area contributed by atoms with E-state index in [0.29, 0.717) is 29.6 Å². The molecule has 2 heterocycles. The van der Waals surface area contributed by atoms with E-state index in [1.807, 2.05) is 23.1 Å². The van der Waals surface area contributed by atoms with Gasteiger partial charge in [0.2, 0.25) is 0 Å². The minimum absolute atomic E-state index is 0.0492. The maximum absolute atomic E-state index is 13.0. The van der Waals surface area contributed by atoms with E-state index in [1.54, 1.807) is 24.5 Å². The first-order valence-corrected chi connectivity index (χ1v) is 11.0. The maximum Gasteiger partial charge on any atom is 0.253 e. The molecule has 0 aliphatic carbocycles. The molecule has 152 valence electrons. The average molecular weight is 411 g/mol. The highest BCUT2D eigenvalue weighted by Gasteiger charge is 2.27. The lowest BCUT2D eigenvalue weighted by molar-refractivity contribution is 0.0712. The summed E-state index contributed by atoms with van der Waals surface area (Å²) in [6, 6.07) is 13.7. The number of amides is 1. The van der Waals surface area contributed by atoms with E-state index in [4.69, 9.17) is 14.5 Å². The van der Waals surface area contributed by atoms with E-state index in [9.17, 15) is 4.79 Å². The first-order chi connectivity index (χ1) is 14.2. The summed E-state index contributed by atoms with van der Waals surface area (Å²) in [6.45, 7) is 4.18. The minimum atomic E-state index is 0.0492. The molecule has 1 amide bonds. The van der Waals surface area contributed by atoms with Crippen LogP contribution in [0.5, 0.6) is 11.5 Å². The number of methoxy groups -OCH3 is 1. The van der Waals surface area contributed by atoms with Crippen molar-refractivity contribution in [3.8, 4) is 11.5 Å². The number of nitrogens with zero attached hydrogens (tertiary/aromatic N) is 2. The Kier molecular flexibility index (Phi) is 6.00. The lowest BCUT2D eigenvalue weighted by Gasteiger charge is -2.31. The van der Waals surface area contributed by atoms with E-state index in [2.05, 4.69) is 25.1 Å². The van der Waals surface area contributed by atoms with Crippen LogP contribution >= 0.6 is 11.3 Å². The Hall–Kier alpha value is -2.60. The lowest BCUT2D eigenvalue weighted by atomic mass is 9.97. The van der Waals surface area contributed by atoms with Crippen molar-refractivity contribution < 1.29 is 14.3 Å². The van der Waals surface area contributed by atoms with Crippen LogP contribution in [0, 0.1) is 0 Å². The molecule has 0 unspecified atom stereocenters. The van der Waals surface area contributed by atoms with Gasteiger partial charge in [-0.1, -0.05) is 19.1 Å². The number of thiazole rings is 1. The van der Waals surface area contributed by atoms with Crippen molar-refractivity contribution in [2.24, 2.45) is 0 Å². The third kappa shape index (κ3) is 4.22. The number of likely N-dealkylation sites (tertiary alicyclic amines) is 1. The first-order valence-electron chi connectivity index (χ1n) is 10.1. The molecule has 1 aliphatic rings. The molecular weight excluding hydrogens is 384 g/mol. The Morgan fingerprint density at radius 3 is 2.69 bits per heavy atom. The highest BCUT2D eigenvalue weighted by molar-refractivity contribution is 7.18. The molecular formula is C23H26N2O3S. The quantitative estimate of drug-likeness (QED) is 0.566. The summed E-state index contributed by atoms with van der Waals surface area (Å²) >= 11 is 1.78. The summed E-state index contributed by atoms with van der Waals surface area (Å²) in [6.07, 6.45) is 2.81. The maximum atomic E-state index is 13.0. The fourth-order valence-electron chi connectivity index (χ4n) is 3.71. The molecule has 1 aromatic heterocycles. The van der Waals surface area contributed by atoms with Gasteiger partial charge >= 0.3 is 0 Å². The van der Waals surface area contributed by atoms with Crippen molar-refractivity contribution in [3.63, 3.8) is 0 Å². The fourth-order valence-corrected chi connectivity index (χ4v) is 4.85. The Morgan fingerprint density at radius 1 is 1.17 bits per heavy atom. The third-order valence-electron chi connectivity index (χ3n) is 5.31. The van der Waals surface area contributed by atoms with Gasteiger partial charge in [-0.3, -0.25) is 4.79 Å². The molecule has 6 heteroatoms. The molecule has 2 aromatic carbocycles. The predicted molar refractivity (Wildman–Crippen MR) is 116 cm³/mol. The van der Waals surface area contributed by atoms with Gasteiger partial charge in [-0.05, 0) is 49.6 Å². The zero-order chi connectivity index (χ0) is 20.2. The normalized spacial score (nSPS) is 14.9. The van der Waals surface area contributed by atoms with Gasteiger partial charge in [0.1, 0.15) is 0 Å². The number of piperidine rings is 1.